The molecule has 1 N–H and O–H groups in total. The van der Waals surface area contributed by atoms with Crippen molar-refractivity contribution in [3.8, 4) is 0 Å². The van der Waals surface area contributed by atoms with E-state index in [-0.39, 0.29) is 11.9 Å². The van der Waals surface area contributed by atoms with Gasteiger partial charge in [-0.05, 0) is 38.8 Å². The molecular weight excluding hydrogens is 300 g/mol. The van der Waals surface area contributed by atoms with Gasteiger partial charge in [0.25, 0.3) is 0 Å². The Hall–Kier alpha value is -1.80. The average Bonchev–Trinajstić information content (AvgIpc) is 3.21. The van der Waals surface area contributed by atoms with Gasteiger partial charge < -0.3 is 9.88 Å². The maximum absolute atomic E-state index is 12.2. The van der Waals surface area contributed by atoms with E-state index in [2.05, 4.69) is 25.4 Å². The Morgan fingerprint density at radius 2 is 2.14 bits per heavy atom. The lowest BCUT2D eigenvalue weighted by molar-refractivity contribution is -0.121. The van der Waals surface area contributed by atoms with Crippen LogP contribution in [-0.4, -0.2) is 49.7 Å². The number of carbonyl (C=O) groups excluding carboxylic acids is 1. The van der Waals surface area contributed by atoms with Gasteiger partial charge in [-0.3, -0.25) is 9.69 Å². The third kappa shape index (κ3) is 3.69. The van der Waals surface area contributed by atoms with Crippen LogP contribution >= 0.6 is 11.3 Å². The number of amides is 1. The molecule has 3 rings (SSSR count). The maximum atomic E-state index is 12.2. The van der Waals surface area contributed by atoms with Crippen molar-refractivity contribution in [2.45, 2.75) is 32.4 Å². The first kappa shape index (κ1) is 15.1. The molecule has 0 aliphatic carbocycles. The van der Waals surface area contributed by atoms with Crippen LogP contribution in [0.1, 0.15) is 19.8 Å². The molecule has 0 spiro atoms. The molecule has 1 aliphatic rings. The number of anilines is 1. The minimum atomic E-state index is -0.125. The Balaban J connectivity index is 1.47. The summed E-state index contributed by atoms with van der Waals surface area (Å²) in [6.07, 6.45) is 7.40. The summed E-state index contributed by atoms with van der Waals surface area (Å²) in [5.41, 5.74) is 0. The van der Waals surface area contributed by atoms with Gasteiger partial charge in [-0.25, -0.2) is 4.98 Å². The van der Waals surface area contributed by atoms with Crippen LogP contribution in [-0.2, 0) is 11.3 Å². The normalized spacial score (nSPS) is 18.2. The SMILES string of the molecule is CC(C(=O)Nc1nccs1)N1CCC(Cn2cnnc2)CC1. The Bertz CT molecular complexity index is 577. The van der Waals surface area contributed by atoms with Crippen molar-refractivity contribution in [3.05, 3.63) is 24.2 Å². The number of thiazole rings is 1. The Morgan fingerprint density at radius 1 is 1.41 bits per heavy atom. The van der Waals surface area contributed by atoms with Gasteiger partial charge in [0.2, 0.25) is 5.91 Å². The van der Waals surface area contributed by atoms with E-state index in [1.165, 1.54) is 11.3 Å². The molecule has 1 atom stereocenters. The molecule has 1 aliphatic heterocycles. The predicted molar refractivity (Wildman–Crippen MR) is 84.5 cm³/mol. The molecule has 1 unspecified atom stereocenters. The molecule has 2 aromatic rings. The van der Waals surface area contributed by atoms with Gasteiger partial charge in [0.15, 0.2) is 5.13 Å². The van der Waals surface area contributed by atoms with Gasteiger partial charge in [0, 0.05) is 18.1 Å². The Labute approximate surface area is 133 Å². The molecule has 7 nitrogen and oxygen atoms in total. The number of piperidine rings is 1. The molecule has 8 heteroatoms. The van der Waals surface area contributed by atoms with Crippen LogP contribution in [0.4, 0.5) is 5.13 Å². The van der Waals surface area contributed by atoms with Crippen molar-refractivity contribution in [1.29, 1.82) is 0 Å². The first-order chi connectivity index (χ1) is 10.7. The van der Waals surface area contributed by atoms with Crippen molar-refractivity contribution >= 4 is 22.4 Å². The topological polar surface area (TPSA) is 75.9 Å². The first-order valence-electron chi connectivity index (χ1n) is 7.49. The van der Waals surface area contributed by atoms with Crippen LogP contribution in [0.2, 0.25) is 0 Å². The lowest BCUT2D eigenvalue weighted by atomic mass is 9.95. The van der Waals surface area contributed by atoms with Crippen molar-refractivity contribution < 1.29 is 4.79 Å². The highest BCUT2D eigenvalue weighted by molar-refractivity contribution is 7.13. The van der Waals surface area contributed by atoms with E-state index in [1.807, 2.05) is 16.9 Å². The zero-order chi connectivity index (χ0) is 15.4. The highest BCUT2D eigenvalue weighted by Crippen LogP contribution is 2.21. The molecule has 0 saturated carbocycles. The van der Waals surface area contributed by atoms with Crippen LogP contribution in [0, 0.1) is 5.92 Å². The lowest BCUT2D eigenvalue weighted by Gasteiger charge is -2.35. The number of hydrogen-bond donors (Lipinski definition) is 1. The van der Waals surface area contributed by atoms with Crippen molar-refractivity contribution in [1.82, 2.24) is 24.6 Å². The molecule has 1 amide bonds. The average molecular weight is 320 g/mol. The molecule has 3 heterocycles. The molecule has 1 fully saturated rings. The monoisotopic (exact) mass is 320 g/mol. The van der Waals surface area contributed by atoms with E-state index < -0.39 is 0 Å². The van der Waals surface area contributed by atoms with Crippen molar-refractivity contribution in [2.75, 3.05) is 18.4 Å². The second-order valence-electron chi connectivity index (χ2n) is 5.64. The van der Waals surface area contributed by atoms with E-state index in [0.717, 1.165) is 32.5 Å². The number of carbonyl (C=O) groups is 1. The summed E-state index contributed by atoms with van der Waals surface area (Å²) in [7, 11) is 0. The van der Waals surface area contributed by atoms with E-state index in [1.54, 1.807) is 18.9 Å². The number of likely N-dealkylation sites (tertiary alicyclic amines) is 1. The number of hydrogen-bond acceptors (Lipinski definition) is 6. The fraction of sp³-hybridized carbons (Fsp3) is 0.571. The van der Waals surface area contributed by atoms with E-state index in [9.17, 15) is 4.79 Å². The van der Waals surface area contributed by atoms with E-state index in [4.69, 9.17) is 0 Å². The summed E-state index contributed by atoms with van der Waals surface area (Å²) in [4.78, 5) is 18.6. The van der Waals surface area contributed by atoms with Gasteiger partial charge in [-0.15, -0.1) is 21.5 Å². The van der Waals surface area contributed by atoms with Crippen molar-refractivity contribution in [3.63, 3.8) is 0 Å². The highest BCUT2D eigenvalue weighted by Gasteiger charge is 2.27. The van der Waals surface area contributed by atoms with E-state index in [0.29, 0.717) is 11.0 Å². The molecule has 118 valence electrons. The van der Waals surface area contributed by atoms with Gasteiger partial charge >= 0.3 is 0 Å². The van der Waals surface area contributed by atoms with Crippen LogP contribution in [0.15, 0.2) is 24.2 Å². The van der Waals surface area contributed by atoms with Gasteiger partial charge in [0.05, 0.1) is 6.04 Å². The summed E-state index contributed by atoms with van der Waals surface area (Å²) in [6.45, 7) is 4.81. The second-order valence-corrected chi connectivity index (χ2v) is 6.54. The third-order valence-electron chi connectivity index (χ3n) is 4.17. The standard InChI is InChI=1S/C14H20N6OS/c1-11(13(21)18-14-15-4-7-22-14)20-5-2-12(3-6-20)8-19-9-16-17-10-19/h4,7,9-12H,2-3,5-6,8H2,1H3,(H,15,18,21). The van der Waals surface area contributed by atoms with E-state index >= 15 is 0 Å². The zero-order valence-corrected chi connectivity index (χ0v) is 13.4. The van der Waals surface area contributed by atoms with Gasteiger partial charge in [-0.2, -0.15) is 0 Å². The number of nitrogens with zero attached hydrogens (tertiary/aromatic N) is 5. The Morgan fingerprint density at radius 3 is 2.77 bits per heavy atom. The molecule has 22 heavy (non-hydrogen) atoms. The summed E-state index contributed by atoms with van der Waals surface area (Å²) >= 11 is 1.44. The highest BCUT2D eigenvalue weighted by atomic mass is 32.1. The van der Waals surface area contributed by atoms with Crippen molar-refractivity contribution in [2.24, 2.45) is 5.92 Å². The zero-order valence-electron chi connectivity index (χ0n) is 12.6. The fourth-order valence-corrected chi connectivity index (χ4v) is 3.33. The van der Waals surface area contributed by atoms with Gasteiger partial charge in [0.1, 0.15) is 12.7 Å². The molecular formula is C14H20N6OS. The molecule has 2 aromatic heterocycles. The summed E-state index contributed by atoms with van der Waals surface area (Å²) in [5.74, 6) is 0.647. The number of rotatable bonds is 5. The minimum absolute atomic E-state index is 0.0206. The van der Waals surface area contributed by atoms with Crippen LogP contribution in [0.3, 0.4) is 0 Å². The molecule has 0 aromatic carbocycles. The largest absolute Gasteiger partial charge is 0.320 e. The summed E-state index contributed by atoms with van der Waals surface area (Å²) in [5, 5.41) is 13.1. The maximum Gasteiger partial charge on any atom is 0.243 e. The quantitative estimate of drug-likeness (QED) is 0.903. The lowest BCUT2D eigenvalue weighted by Crippen LogP contribution is -2.46. The number of aromatic nitrogens is 4. The second kappa shape index (κ2) is 6.97. The Kier molecular flexibility index (Phi) is 4.79. The number of nitrogens with one attached hydrogen (secondary N) is 1. The molecule has 0 bridgehead atoms. The summed E-state index contributed by atoms with van der Waals surface area (Å²) in [6, 6.07) is -0.125. The van der Waals surface area contributed by atoms with Crippen LogP contribution in [0.25, 0.3) is 0 Å². The predicted octanol–water partition coefficient (Wildman–Crippen LogP) is 1.47. The van der Waals surface area contributed by atoms with Crippen LogP contribution < -0.4 is 5.32 Å². The summed E-state index contributed by atoms with van der Waals surface area (Å²) < 4.78 is 2.03. The smallest absolute Gasteiger partial charge is 0.243 e. The molecule has 1 saturated heterocycles. The minimum Gasteiger partial charge on any atom is -0.320 e. The van der Waals surface area contributed by atoms with Gasteiger partial charge in [-0.1, -0.05) is 0 Å². The van der Waals surface area contributed by atoms with Crippen LogP contribution in [0.5, 0.6) is 0 Å². The third-order valence-corrected chi connectivity index (χ3v) is 4.86. The molecule has 0 radical (unpaired) electrons. The first-order valence-corrected chi connectivity index (χ1v) is 8.37. The fourth-order valence-electron chi connectivity index (χ4n) is 2.80.